The molecule has 3 heterocycles. The lowest BCUT2D eigenvalue weighted by Gasteiger charge is -2.25. The molecule has 1 saturated heterocycles. The fraction of sp³-hybridized carbons (Fsp3) is 0.286. The van der Waals surface area contributed by atoms with Crippen molar-refractivity contribution in [3.8, 4) is 17.3 Å². The quantitative estimate of drug-likeness (QED) is 0.238. The van der Waals surface area contributed by atoms with Crippen LogP contribution >= 0.6 is 23.2 Å². The first-order valence-electron chi connectivity index (χ1n) is 12.3. The Morgan fingerprint density at radius 3 is 2.42 bits per heavy atom. The molecule has 208 valence electrons. The summed E-state index contributed by atoms with van der Waals surface area (Å²) >= 11 is 12.4. The minimum absolute atomic E-state index is 0.0602. The standard InChI is InChI=1S/C28H23Cl2F3N4O3/c1-15(39-25-10-8-20(12-34-25)28(31,32)33)21-13-37(14-22(21)19-7-9-23(29)24(30)11-19)27(38)18-5-3-17(4-6-18)26-35-16(2)36-40-26/h3-12,15,21-22H,13-14H2,1-2H3/t15-,21+,22+/m0/s1. The molecule has 0 radical (unpaired) electrons. The van der Waals surface area contributed by atoms with Crippen molar-refractivity contribution in [2.45, 2.75) is 32.0 Å². The molecule has 2 aromatic heterocycles. The molecular weight excluding hydrogens is 568 g/mol. The van der Waals surface area contributed by atoms with Crippen LogP contribution in [0.1, 0.15) is 40.2 Å². The SMILES string of the molecule is Cc1noc(-c2ccc(C(=O)N3C[C@H]([C@H](C)Oc4ccc(C(F)(F)F)cn4)[C@@H](c4ccc(Cl)c(Cl)c4)C3)cc2)n1. The zero-order valence-corrected chi connectivity index (χ0v) is 22.8. The number of carbonyl (C=O) groups excluding carboxylic acids is 1. The molecule has 0 bridgehead atoms. The highest BCUT2D eigenvalue weighted by Crippen LogP contribution is 2.39. The molecular formula is C28H23Cl2F3N4O3. The highest BCUT2D eigenvalue weighted by molar-refractivity contribution is 6.42. The van der Waals surface area contributed by atoms with Crippen LogP contribution in [0.4, 0.5) is 13.2 Å². The molecule has 2 aromatic carbocycles. The predicted octanol–water partition coefficient (Wildman–Crippen LogP) is 7.09. The van der Waals surface area contributed by atoms with E-state index in [1.54, 1.807) is 48.2 Å². The summed E-state index contributed by atoms with van der Waals surface area (Å²) in [5.74, 6) is 0.357. The second-order valence-electron chi connectivity index (χ2n) is 9.58. The smallest absolute Gasteiger partial charge is 0.417 e. The predicted molar refractivity (Wildman–Crippen MR) is 142 cm³/mol. The Labute approximate surface area is 237 Å². The van der Waals surface area contributed by atoms with Crippen molar-refractivity contribution in [1.29, 1.82) is 0 Å². The van der Waals surface area contributed by atoms with Gasteiger partial charge in [-0.2, -0.15) is 18.2 Å². The summed E-state index contributed by atoms with van der Waals surface area (Å²) in [4.78, 5) is 23.3. The van der Waals surface area contributed by atoms with E-state index in [0.29, 0.717) is 46.0 Å². The molecule has 0 spiro atoms. The fourth-order valence-electron chi connectivity index (χ4n) is 4.81. The molecule has 0 N–H and O–H groups in total. The number of amides is 1. The number of aromatic nitrogens is 3. The van der Waals surface area contributed by atoms with Gasteiger partial charge in [-0.25, -0.2) is 4.98 Å². The van der Waals surface area contributed by atoms with Crippen LogP contribution in [0.15, 0.2) is 65.3 Å². The van der Waals surface area contributed by atoms with Crippen LogP contribution in [0.25, 0.3) is 11.5 Å². The summed E-state index contributed by atoms with van der Waals surface area (Å²) in [6.07, 6.45) is -4.25. The van der Waals surface area contributed by atoms with Crippen LogP contribution in [0, 0.1) is 12.8 Å². The van der Waals surface area contributed by atoms with E-state index in [1.807, 2.05) is 13.0 Å². The highest BCUT2D eigenvalue weighted by Gasteiger charge is 2.41. The number of nitrogens with zero attached hydrogens (tertiary/aromatic N) is 4. The number of alkyl halides is 3. The Bertz CT molecular complexity index is 1510. The molecule has 0 unspecified atom stereocenters. The summed E-state index contributed by atoms with van der Waals surface area (Å²) in [6.45, 7) is 4.25. The van der Waals surface area contributed by atoms with Crippen LogP contribution in [0.3, 0.4) is 0 Å². The number of halogens is 5. The number of hydrogen-bond acceptors (Lipinski definition) is 6. The largest absolute Gasteiger partial charge is 0.474 e. The van der Waals surface area contributed by atoms with Gasteiger partial charge >= 0.3 is 6.18 Å². The fourth-order valence-corrected chi connectivity index (χ4v) is 5.12. The van der Waals surface area contributed by atoms with Crippen molar-refractivity contribution in [2.75, 3.05) is 13.1 Å². The van der Waals surface area contributed by atoms with E-state index in [2.05, 4.69) is 15.1 Å². The number of likely N-dealkylation sites (tertiary alicyclic amines) is 1. The van der Waals surface area contributed by atoms with Gasteiger partial charge in [-0.05, 0) is 61.9 Å². The van der Waals surface area contributed by atoms with Crippen molar-refractivity contribution in [1.82, 2.24) is 20.0 Å². The molecule has 1 fully saturated rings. The first kappa shape index (κ1) is 27.9. The average Bonchev–Trinajstić information content (AvgIpc) is 3.57. The zero-order valence-electron chi connectivity index (χ0n) is 21.3. The number of ether oxygens (including phenoxy) is 1. The first-order valence-corrected chi connectivity index (χ1v) is 13.1. The molecule has 3 atom stereocenters. The molecule has 7 nitrogen and oxygen atoms in total. The topological polar surface area (TPSA) is 81.4 Å². The monoisotopic (exact) mass is 590 g/mol. The molecule has 4 aromatic rings. The van der Waals surface area contributed by atoms with E-state index in [9.17, 15) is 18.0 Å². The van der Waals surface area contributed by atoms with Gasteiger partial charge in [0.25, 0.3) is 11.8 Å². The van der Waals surface area contributed by atoms with Gasteiger partial charge in [0.05, 0.1) is 15.6 Å². The molecule has 40 heavy (non-hydrogen) atoms. The number of pyridine rings is 1. The van der Waals surface area contributed by atoms with E-state index in [-0.39, 0.29) is 23.6 Å². The van der Waals surface area contributed by atoms with Crippen LogP contribution in [-0.2, 0) is 6.18 Å². The number of carbonyl (C=O) groups is 1. The van der Waals surface area contributed by atoms with Crippen LogP contribution < -0.4 is 4.74 Å². The maximum Gasteiger partial charge on any atom is 0.417 e. The first-order chi connectivity index (χ1) is 19.0. The maximum absolute atomic E-state index is 13.5. The summed E-state index contributed by atoms with van der Waals surface area (Å²) in [7, 11) is 0. The van der Waals surface area contributed by atoms with E-state index in [0.717, 1.165) is 17.8 Å². The van der Waals surface area contributed by atoms with Gasteiger partial charge in [0.2, 0.25) is 5.88 Å². The molecule has 1 amide bonds. The second kappa shape index (κ2) is 11.1. The summed E-state index contributed by atoms with van der Waals surface area (Å²) in [5, 5.41) is 4.57. The average molecular weight is 591 g/mol. The third-order valence-electron chi connectivity index (χ3n) is 6.90. The second-order valence-corrected chi connectivity index (χ2v) is 10.4. The van der Waals surface area contributed by atoms with Crippen LogP contribution in [0.2, 0.25) is 10.0 Å². The zero-order chi connectivity index (χ0) is 28.6. The number of rotatable bonds is 6. The minimum Gasteiger partial charge on any atom is -0.474 e. The van der Waals surface area contributed by atoms with E-state index in [1.165, 1.54) is 6.07 Å². The summed E-state index contributed by atoms with van der Waals surface area (Å²) < 4.78 is 50.0. The van der Waals surface area contributed by atoms with Crippen molar-refractivity contribution in [2.24, 2.45) is 5.92 Å². The Hall–Kier alpha value is -3.63. The van der Waals surface area contributed by atoms with E-state index < -0.39 is 17.8 Å². The molecule has 1 aliphatic rings. The third kappa shape index (κ3) is 5.93. The number of hydrogen-bond donors (Lipinski definition) is 0. The van der Waals surface area contributed by atoms with Gasteiger partial charge < -0.3 is 14.2 Å². The van der Waals surface area contributed by atoms with Gasteiger partial charge in [-0.15, -0.1) is 0 Å². The lowest BCUT2D eigenvalue weighted by molar-refractivity contribution is -0.137. The Kier molecular flexibility index (Phi) is 7.74. The molecule has 1 aliphatic heterocycles. The molecule has 5 rings (SSSR count). The van der Waals surface area contributed by atoms with Gasteiger partial charge in [-0.3, -0.25) is 4.79 Å². The van der Waals surface area contributed by atoms with Crippen LogP contribution in [-0.4, -0.2) is 45.1 Å². The van der Waals surface area contributed by atoms with Gasteiger partial charge in [0.15, 0.2) is 5.82 Å². The summed E-state index contributed by atoms with van der Waals surface area (Å²) in [5.41, 5.74) is 1.18. The third-order valence-corrected chi connectivity index (χ3v) is 7.64. The van der Waals surface area contributed by atoms with Crippen molar-refractivity contribution < 1.29 is 27.2 Å². The molecule has 0 saturated carbocycles. The van der Waals surface area contributed by atoms with Gasteiger partial charge in [0, 0.05) is 48.3 Å². The summed E-state index contributed by atoms with van der Waals surface area (Å²) in [6, 6.07) is 14.3. The highest BCUT2D eigenvalue weighted by atomic mass is 35.5. The molecule has 12 heteroatoms. The van der Waals surface area contributed by atoms with E-state index in [4.69, 9.17) is 32.5 Å². The van der Waals surface area contributed by atoms with Crippen molar-refractivity contribution >= 4 is 29.1 Å². The van der Waals surface area contributed by atoms with Gasteiger partial charge in [0.1, 0.15) is 6.10 Å². The number of benzene rings is 2. The lowest BCUT2D eigenvalue weighted by atomic mass is 9.86. The lowest BCUT2D eigenvalue weighted by Crippen LogP contribution is -2.32. The Morgan fingerprint density at radius 1 is 1.07 bits per heavy atom. The van der Waals surface area contributed by atoms with Gasteiger partial charge in [-0.1, -0.05) is 34.4 Å². The Morgan fingerprint density at radius 2 is 1.82 bits per heavy atom. The van der Waals surface area contributed by atoms with Crippen molar-refractivity contribution in [3.05, 3.63) is 93.4 Å². The maximum atomic E-state index is 13.5. The Balaban J connectivity index is 1.37. The van der Waals surface area contributed by atoms with Crippen LogP contribution in [0.5, 0.6) is 5.88 Å². The van der Waals surface area contributed by atoms with Crippen molar-refractivity contribution in [3.63, 3.8) is 0 Å². The number of aryl methyl sites for hydroxylation is 1. The normalized spacial score (nSPS) is 18.1. The van der Waals surface area contributed by atoms with E-state index >= 15 is 0 Å². The molecule has 0 aliphatic carbocycles. The minimum atomic E-state index is -4.50.